The van der Waals surface area contributed by atoms with E-state index in [2.05, 4.69) is 9.73 Å². The summed E-state index contributed by atoms with van der Waals surface area (Å²) in [7, 11) is 1.41. The third-order valence-corrected chi connectivity index (χ3v) is 2.86. The summed E-state index contributed by atoms with van der Waals surface area (Å²) in [4.78, 5) is 15.5. The third kappa shape index (κ3) is 2.84. The monoisotopic (exact) mass is 232 g/mol. The summed E-state index contributed by atoms with van der Waals surface area (Å²) < 4.78 is 4.60. The minimum absolute atomic E-state index is 0.162. The molecular formula is C13H16N2O2. The molecule has 0 amide bonds. The summed E-state index contributed by atoms with van der Waals surface area (Å²) in [6.45, 7) is 0. The van der Waals surface area contributed by atoms with E-state index in [0.717, 1.165) is 36.3 Å². The van der Waals surface area contributed by atoms with E-state index in [9.17, 15) is 4.79 Å². The zero-order chi connectivity index (χ0) is 12.3. The summed E-state index contributed by atoms with van der Waals surface area (Å²) in [6, 6.07) is 5.80. The Morgan fingerprint density at radius 1 is 1.53 bits per heavy atom. The molecule has 0 aliphatic carbocycles. The number of methoxy groups -OCH3 is 1. The molecule has 0 spiro atoms. The van der Waals surface area contributed by atoms with Crippen molar-refractivity contribution in [2.45, 2.75) is 25.7 Å². The molecule has 4 heteroatoms. The fraction of sp³-hybridized carbons (Fsp3) is 0.385. The van der Waals surface area contributed by atoms with Gasteiger partial charge in [0.25, 0.3) is 0 Å². The molecule has 0 radical (unpaired) electrons. The maximum absolute atomic E-state index is 11.0. The molecule has 1 aromatic carbocycles. The van der Waals surface area contributed by atoms with Crippen molar-refractivity contribution >= 4 is 23.1 Å². The van der Waals surface area contributed by atoms with Gasteiger partial charge < -0.3 is 10.5 Å². The zero-order valence-corrected chi connectivity index (χ0v) is 9.90. The highest BCUT2D eigenvalue weighted by Crippen LogP contribution is 2.29. The number of ether oxygens (including phenoxy) is 1. The molecule has 0 atom stereocenters. The molecule has 0 aromatic heterocycles. The molecule has 0 saturated carbocycles. The summed E-state index contributed by atoms with van der Waals surface area (Å²) in [5, 5.41) is 0. The maximum Gasteiger partial charge on any atom is 0.305 e. The lowest BCUT2D eigenvalue weighted by Gasteiger charge is -1.99. The van der Waals surface area contributed by atoms with Gasteiger partial charge in [0.2, 0.25) is 0 Å². The Balaban J connectivity index is 1.90. The van der Waals surface area contributed by atoms with E-state index in [1.54, 1.807) is 0 Å². The average molecular weight is 232 g/mol. The third-order valence-electron chi connectivity index (χ3n) is 2.86. The fourth-order valence-electron chi connectivity index (χ4n) is 1.95. The zero-order valence-electron chi connectivity index (χ0n) is 9.90. The molecule has 17 heavy (non-hydrogen) atoms. The largest absolute Gasteiger partial charge is 0.469 e. The number of nitrogens with zero attached hydrogens (tertiary/aromatic N) is 1. The second-order valence-electron chi connectivity index (χ2n) is 4.17. The van der Waals surface area contributed by atoms with Gasteiger partial charge in [0.1, 0.15) is 0 Å². The molecule has 1 aliphatic rings. The Morgan fingerprint density at radius 3 is 3.12 bits per heavy atom. The van der Waals surface area contributed by atoms with Crippen LogP contribution in [0.15, 0.2) is 23.2 Å². The van der Waals surface area contributed by atoms with Crippen LogP contribution in [0.25, 0.3) is 0 Å². The quantitative estimate of drug-likeness (QED) is 0.639. The van der Waals surface area contributed by atoms with Crippen LogP contribution in [0.4, 0.5) is 11.4 Å². The molecule has 2 N–H and O–H groups in total. The number of nitrogens with two attached hydrogens (primary N) is 1. The average Bonchev–Trinajstić information content (AvgIpc) is 2.70. The Hall–Kier alpha value is -1.84. The van der Waals surface area contributed by atoms with Gasteiger partial charge in [-0.05, 0) is 30.5 Å². The van der Waals surface area contributed by atoms with Crippen molar-refractivity contribution in [3.63, 3.8) is 0 Å². The van der Waals surface area contributed by atoms with Gasteiger partial charge in [-0.2, -0.15) is 0 Å². The number of esters is 1. The van der Waals surface area contributed by atoms with E-state index in [1.165, 1.54) is 12.7 Å². The van der Waals surface area contributed by atoms with E-state index in [1.807, 2.05) is 18.2 Å². The summed E-state index contributed by atoms with van der Waals surface area (Å²) >= 11 is 0. The lowest BCUT2D eigenvalue weighted by molar-refractivity contribution is -0.140. The number of fused-ring (bicyclic) bond motifs is 1. The fourth-order valence-corrected chi connectivity index (χ4v) is 1.95. The smallest absolute Gasteiger partial charge is 0.305 e. The first-order chi connectivity index (χ1) is 8.19. The number of hydrogen-bond acceptors (Lipinski definition) is 4. The number of nitrogen functional groups attached to an aromatic ring is 1. The number of aliphatic imine (C=N–C) groups is 1. The van der Waals surface area contributed by atoms with Gasteiger partial charge in [-0.15, -0.1) is 0 Å². The van der Waals surface area contributed by atoms with Crippen LogP contribution in [0, 0.1) is 0 Å². The number of carbonyl (C=O) groups excluding carboxylic acids is 1. The Morgan fingerprint density at radius 2 is 2.35 bits per heavy atom. The topological polar surface area (TPSA) is 64.7 Å². The number of hydrogen-bond donors (Lipinski definition) is 1. The van der Waals surface area contributed by atoms with Crippen molar-refractivity contribution in [2.75, 3.05) is 12.8 Å². The highest BCUT2D eigenvalue weighted by atomic mass is 16.5. The van der Waals surface area contributed by atoms with Crippen LogP contribution in [0.5, 0.6) is 0 Å². The molecular weight excluding hydrogens is 216 g/mol. The number of carbonyl (C=O) groups is 1. The van der Waals surface area contributed by atoms with Crippen LogP contribution < -0.4 is 5.73 Å². The van der Waals surface area contributed by atoms with Crippen molar-refractivity contribution < 1.29 is 9.53 Å². The first kappa shape index (κ1) is 11.6. The lowest BCUT2D eigenvalue weighted by atomic mass is 10.1. The molecule has 0 fully saturated rings. The normalized spacial score (nSPS) is 13.1. The summed E-state index contributed by atoms with van der Waals surface area (Å²) in [5.41, 5.74) is 9.75. The van der Waals surface area contributed by atoms with E-state index in [-0.39, 0.29) is 5.97 Å². The van der Waals surface area contributed by atoms with Crippen LogP contribution >= 0.6 is 0 Å². The van der Waals surface area contributed by atoms with Crippen LogP contribution in [0.3, 0.4) is 0 Å². The van der Waals surface area contributed by atoms with Crippen LogP contribution in [-0.2, 0) is 16.0 Å². The second-order valence-corrected chi connectivity index (χ2v) is 4.17. The second kappa shape index (κ2) is 4.99. The van der Waals surface area contributed by atoms with Gasteiger partial charge in [0, 0.05) is 24.2 Å². The standard InChI is InChI=1S/C13H16N2O2/c1-17-13(16)4-2-3-11-7-9-5-6-10(14)8-12(9)15-11/h5-6,8H,2-4,7,14H2,1H3. The van der Waals surface area contributed by atoms with E-state index in [4.69, 9.17) is 5.73 Å². The SMILES string of the molecule is COC(=O)CCCC1=Nc2cc(N)ccc2C1. The Bertz CT molecular complexity index is 466. The minimum atomic E-state index is -0.162. The number of anilines is 1. The highest BCUT2D eigenvalue weighted by molar-refractivity contribution is 5.94. The van der Waals surface area contributed by atoms with Gasteiger partial charge in [-0.3, -0.25) is 9.79 Å². The van der Waals surface area contributed by atoms with Crippen molar-refractivity contribution in [2.24, 2.45) is 4.99 Å². The predicted molar refractivity (Wildman–Crippen MR) is 67.5 cm³/mol. The molecule has 0 bridgehead atoms. The number of benzene rings is 1. The molecule has 0 unspecified atom stereocenters. The van der Waals surface area contributed by atoms with Crippen molar-refractivity contribution in [3.05, 3.63) is 23.8 Å². The summed E-state index contributed by atoms with van der Waals surface area (Å²) in [6.07, 6.45) is 2.95. The van der Waals surface area contributed by atoms with E-state index >= 15 is 0 Å². The molecule has 2 rings (SSSR count). The lowest BCUT2D eigenvalue weighted by Crippen LogP contribution is -2.03. The number of rotatable bonds is 4. The van der Waals surface area contributed by atoms with Gasteiger partial charge in [0.05, 0.1) is 12.8 Å². The van der Waals surface area contributed by atoms with Gasteiger partial charge >= 0.3 is 5.97 Å². The van der Waals surface area contributed by atoms with E-state index in [0.29, 0.717) is 6.42 Å². The maximum atomic E-state index is 11.0. The van der Waals surface area contributed by atoms with Gasteiger partial charge in [0.15, 0.2) is 0 Å². The molecule has 4 nitrogen and oxygen atoms in total. The first-order valence-electron chi connectivity index (χ1n) is 5.70. The predicted octanol–water partition coefficient (Wildman–Crippen LogP) is 2.24. The van der Waals surface area contributed by atoms with Gasteiger partial charge in [-0.25, -0.2) is 0 Å². The Labute approximate surface area is 100 Å². The van der Waals surface area contributed by atoms with Crippen LogP contribution in [-0.4, -0.2) is 18.8 Å². The highest BCUT2D eigenvalue weighted by Gasteiger charge is 2.14. The Kier molecular flexibility index (Phi) is 3.42. The summed E-state index contributed by atoms with van der Waals surface area (Å²) in [5.74, 6) is -0.162. The minimum Gasteiger partial charge on any atom is -0.469 e. The van der Waals surface area contributed by atoms with Crippen molar-refractivity contribution in [1.29, 1.82) is 0 Å². The molecule has 1 aromatic rings. The van der Waals surface area contributed by atoms with Crippen LogP contribution in [0.1, 0.15) is 24.8 Å². The van der Waals surface area contributed by atoms with Gasteiger partial charge in [-0.1, -0.05) is 6.07 Å². The van der Waals surface area contributed by atoms with E-state index < -0.39 is 0 Å². The van der Waals surface area contributed by atoms with Crippen molar-refractivity contribution in [3.8, 4) is 0 Å². The van der Waals surface area contributed by atoms with Crippen LogP contribution in [0.2, 0.25) is 0 Å². The first-order valence-corrected chi connectivity index (χ1v) is 5.70. The van der Waals surface area contributed by atoms with Crippen molar-refractivity contribution in [1.82, 2.24) is 0 Å². The molecule has 0 saturated heterocycles. The molecule has 1 heterocycles. The molecule has 90 valence electrons. The molecule has 1 aliphatic heterocycles.